The molecule has 104 valence electrons. The maximum Gasteiger partial charge on any atom is 0.146 e. The van der Waals surface area contributed by atoms with Crippen molar-refractivity contribution < 1.29 is 18.3 Å². The molecule has 2 fully saturated rings. The number of ether oxygens (including phenoxy) is 2. The Morgan fingerprint density at radius 3 is 2.95 bits per heavy atom. The lowest BCUT2D eigenvalue weighted by Gasteiger charge is -2.37. The fourth-order valence-electron chi connectivity index (χ4n) is 2.84. The molecule has 1 spiro atoms. The molecule has 1 aromatic carbocycles. The van der Waals surface area contributed by atoms with Gasteiger partial charge in [-0.05, 0) is 31.0 Å². The Morgan fingerprint density at radius 1 is 1.26 bits per heavy atom. The van der Waals surface area contributed by atoms with E-state index in [-0.39, 0.29) is 17.3 Å². The van der Waals surface area contributed by atoms with E-state index < -0.39 is 11.6 Å². The van der Waals surface area contributed by atoms with Gasteiger partial charge in [0, 0.05) is 25.7 Å². The van der Waals surface area contributed by atoms with Crippen LogP contribution in [0.5, 0.6) is 0 Å². The normalized spacial score (nSPS) is 30.7. The third-order valence-electron chi connectivity index (χ3n) is 3.85. The first-order chi connectivity index (χ1) is 9.17. The van der Waals surface area contributed by atoms with Crippen molar-refractivity contribution >= 4 is 5.69 Å². The Labute approximate surface area is 110 Å². The molecule has 1 aromatic rings. The lowest BCUT2D eigenvalue weighted by atomic mass is 9.89. The van der Waals surface area contributed by atoms with E-state index in [0.717, 1.165) is 31.4 Å². The molecule has 0 bridgehead atoms. The molecule has 0 saturated carbocycles. The highest BCUT2D eigenvalue weighted by Gasteiger charge is 2.41. The first-order valence-electron chi connectivity index (χ1n) is 6.60. The zero-order valence-electron chi connectivity index (χ0n) is 10.6. The summed E-state index contributed by atoms with van der Waals surface area (Å²) in [5, 5.41) is 3.09. The van der Waals surface area contributed by atoms with E-state index in [0.29, 0.717) is 19.8 Å². The average Bonchev–Trinajstić information content (AvgIpc) is 2.82. The SMILES string of the molecule is Fc1ccc(F)c(NC2CCOC3(CCOC3)C2)c1. The Hall–Kier alpha value is -1.20. The number of hydrogen-bond donors (Lipinski definition) is 1. The highest BCUT2D eigenvalue weighted by Crippen LogP contribution is 2.34. The second-order valence-electron chi connectivity index (χ2n) is 5.29. The average molecular weight is 269 g/mol. The number of anilines is 1. The Balaban J connectivity index is 1.70. The number of halogens is 2. The first kappa shape index (κ1) is 12.8. The summed E-state index contributed by atoms with van der Waals surface area (Å²) in [6.45, 7) is 1.93. The Kier molecular flexibility index (Phi) is 3.41. The van der Waals surface area contributed by atoms with Crippen LogP contribution in [0.4, 0.5) is 14.5 Å². The van der Waals surface area contributed by atoms with Crippen LogP contribution in [-0.4, -0.2) is 31.5 Å². The fourth-order valence-corrected chi connectivity index (χ4v) is 2.84. The van der Waals surface area contributed by atoms with Gasteiger partial charge in [-0.1, -0.05) is 0 Å². The highest BCUT2D eigenvalue weighted by atomic mass is 19.1. The molecule has 1 N–H and O–H groups in total. The van der Waals surface area contributed by atoms with Crippen LogP contribution in [0.3, 0.4) is 0 Å². The van der Waals surface area contributed by atoms with Gasteiger partial charge in [0.15, 0.2) is 0 Å². The van der Waals surface area contributed by atoms with Gasteiger partial charge in [-0.3, -0.25) is 0 Å². The van der Waals surface area contributed by atoms with Gasteiger partial charge in [0.2, 0.25) is 0 Å². The number of benzene rings is 1. The first-order valence-corrected chi connectivity index (χ1v) is 6.60. The quantitative estimate of drug-likeness (QED) is 0.895. The van der Waals surface area contributed by atoms with Crippen molar-refractivity contribution in [1.82, 2.24) is 0 Å². The van der Waals surface area contributed by atoms with Gasteiger partial charge >= 0.3 is 0 Å². The van der Waals surface area contributed by atoms with E-state index >= 15 is 0 Å². The second-order valence-corrected chi connectivity index (χ2v) is 5.29. The fraction of sp³-hybridized carbons (Fsp3) is 0.571. The highest BCUT2D eigenvalue weighted by molar-refractivity contribution is 5.45. The van der Waals surface area contributed by atoms with Crippen LogP contribution in [-0.2, 0) is 9.47 Å². The van der Waals surface area contributed by atoms with Gasteiger partial charge in [0.1, 0.15) is 11.6 Å². The smallest absolute Gasteiger partial charge is 0.146 e. The molecular formula is C14H17F2NO2. The van der Waals surface area contributed by atoms with Crippen LogP contribution < -0.4 is 5.32 Å². The van der Waals surface area contributed by atoms with Gasteiger partial charge in [-0.25, -0.2) is 8.78 Å². The van der Waals surface area contributed by atoms with E-state index in [4.69, 9.17) is 9.47 Å². The van der Waals surface area contributed by atoms with Crippen LogP contribution in [0, 0.1) is 11.6 Å². The largest absolute Gasteiger partial charge is 0.380 e. The molecular weight excluding hydrogens is 252 g/mol. The summed E-state index contributed by atoms with van der Waals surface area (Å²) in [5.41, 5.74) is -0.0133. The van der Waals surface area contributed by atoms with Gasteiger partial charge in [-0.15, -0.1) is 0 Å². The van der Waals surface area contributed by atoms with Crippen molar-refractivity contribution in [3.05, 3.63) is 29.8 Å². The summed E-state index contributed by atoms with van der Waals surface area (Å²) in [5.74, 6) is -0.862. The van der Waals surface area contributed by atoms with Crippen molar-refractivity contribution in [2.24, 2.45) is 0 Å². The van der Waals surface area contributed by atoms with Crippen LogP contribution in [0.15, 0.2) is 18.2 Å². The summed E-state index contributed by atoms with van der Waals surface area (Å²) in [6, 6.07) is 3.55. The molecule has 2 aliphatic rings. The predicted octanol–water partition coefficient (Wildman–Crippen LogP) is 2.71. The van der Waals surface area contributed by atoms with E-state index in [9.17, 15) is 8.78 Å². The molecule has 2 saturated heterocycles. The molecule has 2 unspecified atom stereocenters. The summed E-state index contributed by atoms with van der Waals surface area (Å²) in [4.78, 5) is 0. The monoisotopic (exact) mass is 269 g/mol. The van der Waals surface area contributed by atoms with Crippen LogP contribution >= 0.6 is 0 Å². The van der Waals surface area contributed by atoms with Crippen LogP contribution in [0.1, 0.15) is 19.3 Å². The second kappa shape index (κ2) is 5.06. The predicted molar refractivity (Wildman–Crippen MR) is 67.1 cm³/mol. The maximum absolute atomic E-state index is 13.6. The minimum Gasteiger partial charge on any atom is -0.380 e. The molecule has 0 aliphatic carbocycles. The third kappa shape index (κ3) is 2.72. The minimum absolute atomic E-state index is 0.0896. The van der Waals surface area contributed by atoms with E-state index in [1.165, 1.54) is 6.07 Å². The van der Waals surface area contributed by atoms with Gasteiger partial charge in [0.25, 0.3) is 0 Å². The van der Waals surface area contributed by atoms with Crippen molar-refractivity contribution in [2.75, 3.05) is 25.1 Å². The standard InChI is InChI=1S/C14H17F2NO2/c15-10-1-2-12(16)13(7-10)17-11-3-5-19-14(8-11)4-6-18-9-14/h1-2,7,11,17H,3-6,8-9H2. The van der Waals surface area contributed by atoms with Crippen molar-refractivity contribution in [1.29, 1.82) is 0 Å². The molecule has 2 aliphatic heterocycles. The summed E-state index contributed by atoms with van der Waals surface area (Å²) in [7, 11) is 0. The Morgan fingerprint density at radius 2 is 2.16 bits per heavy atom. The molecule has 0 radical (unpaired) electrons. The summed E-state index contributed by atoms with van der Waals surface area (Å²) in [6.07, 6.45) is 2.43. The van der Waals surface area contributed by atoms with Crippen LogP contribution in [0.2, 0.25) is 0 Å². The van der Waals surface area contributed by atoms with E-state index in [2.05, 4.69) is 5.32 Å². The Bertz CT molecular complexity index is 461. The molecule has 2 atom stereocenters. The number of hydrogen-bond acceptors (Lipinski definition) is 3. The van der Waals surface area contributed by atoms with Crippen molar-refractivity contribution in [3.8, 4) is 0 Å². The van der Waals surface area contributed by atoms with Crippen LogP contribution in [0.25, 0.3) is 0 Å². The maximum atomic E-state index is 13.6. The van der Waals surface area contributed by atoms with Crippen molar-refractivity contribution in [2.45, 2.75) is 30.9 Å². The third-order valence-corrected chi connectivity index (χ3v) is 3.85. The van der Waals surface area contributed by atoms with Gasteiger partial charge in [0.05, 0.1) is 17.9 Å². The molecule has 5 heteroatoms. The zero-order chi connectivity index (χ0) is 13.3. The lowest BCUT2D eigenvalue weighted by molar-refractivity contribution is -0.0828. The topological polar surface area (TPSA) is 30.5 Å². The van der Waals surface area contributed by atoms with Crippen molar-refractivity contribution in [3.63, 3.8) is 0 Å². The van der Waals surface area contributed by atoms with Gasteiger partial charge < -0.3 is 14.8 Å². The molecule has 19 heavy (non-hydrogen) atoms. The summed E-state index contributed by atoms with van der Waals surface area (Å²) >= 11 is 0. The van der Waals surface area contributed by atoms with E-state index in [1.54, 1.807) is 0 Å². The van der Waals surface area contributed by atoms with Gasteiger partial charge in [-0.2, -0.15) is 0 Å². The van der Waals surface area contributed by atoms with E-state index in [1.807, 2.05) is 0 Å². The number of nitrogens with one attached hydrogen (secondary N) is 1. The molecule has 0 amide bonds. The molecule has 0 aromatic heterocycles. The summed E-state index contributed by atoms with van der Waals surface area (Å²) < 4.78 is 38.0. The molecule has 3 nitrogen and oxygen atoms in total. The molecule has 3 rings (SSSR count). The zero-order valence-corrected chi connectivity index (χ0v) is 10.6. The number of rotatable bonds is 2. The molecule has 2 heterocycles. The minimum atomic E-state index is -0.435. The lowest BCUT2D eigenvalue weighted by Crippen LogP contribution is -2.45.